The summed E-state index contributed by atoms with van der Waals surface area (Å²) in [5, 5.41) is 9.57. The minimum atomic E-state index is -0.0181. The van der Waals surface area contributed by atoms with Gasteiger partial charge in [-0.3, -0.25) is 0 Å². The van der Waals surface area contributed by atoms with Crippen LogP contribution in [0.1, 0.15) is 64.7 Å². The van der Waals surface area contributed by atoms with E-state index in [4.69, 9.17) is 0 Å². The molecule has 2 rings (SSSR count). The van der Waals surface area contributed by atoms with Gasteiger partial charge in [-0.05, 0) is 64.3 Å². The summed E-state index contributed by atoms with van der Waals surface area (Å²) in [6.07, 6.45) is 11.4. The molecule has 0 radical (unpaired) electrons. The first kappa shape index (κ1) is 13.4. The van der Waals surface area contributed by atoms with Crippen LogP contribution < -0.4 is 0 Å². The van der Waals surface area contributed by atoms with E-state index in [9.17, 15) is 5.11 Å². The van der Waals surface area contributed by atoms with Gasteiger partial charge in [0.1, 0.15) is 0 Å². The van der Waals surface area contributed by atoms with Crippen LogP contribution in [-0.2, 0) is 0 Å². The van der Waals surface area contributed by atoms with Gasteiger partial charge in [-0.25, -0.2) is 0 Å². The molecule has 2 aliphatic carbocycles. The normalized spacial score (nSPS) is 39.5. The summed E-state index contributed by atoms with van der Waals surface area (Å²) in [6.45, 7) is 2.33. The minimum Gasteiger partial charge on any atom is -0.393 e. The van der Waals surface area contributed by atoms with Crippen LogP contribution in [-0.4, -0.2) is 35.2 Å². The molecule has 1 N–H and O–H groups in total. The molecular weight excluding hydrogens is 210 g/mol. The summed E-state index contributed by atoms with van der Waals surface area (Å²) in [5.41, 5.74) is 0. The third-order valence-electron chi connectivity index (χ3n) is 5.21. The minimum absolute atomic E-state index is 0.0181. The molecule has 2 aliphatic rings. The van der Waals surface area contributed by atoms with E-state index in [-0.39, 0.29) is 6.10 Å². The van der Waals surface area contributed by atoms with Crippen molar-refractivity contribution >= 4 is 0 Å². The summed E-state index contributed by atoms with van der Waals surface area (Å²) in [7, 11) is 2.32. The zero-order valence-electron chi connectivity index (χ0n) is 11.6. The van der Waals surface area contributed by atoms with Crippen LogP contribution in [0.4, 0.5) is 0 Å². The molecule has 100 valence electrons. The summed E-state index contributed by atoms with van der Waals surface area (Å²) >= 11 is 0. The van der Waals surface area contributed by atoms with E-state index >= 15 is 0 Å². The van der Waals surface area contributed by atoms with Crippen LogP contribution in [0, 0.1) is 5.92 Å². The second-order valence-corrected chi connectivity index (χ2v) is 6.21. The summed E-state index contributed by atoms with van der Waals surface area (Å²) in [5.74, 6) is 0.993. The molecule has 0 unspecified atom stereocenters. The Morgan fingerprint density at radius 3 is 1.82 bits per heavy atom. The maximum atomic E-state index is 9.57. The highest BCUT2D eigenvalue weighted by Crippen LogP contribution is 2.32. The fraction of sp³-hybridized carbons (Fsp3) is 1.00. The van der Waals surface area contributed by atoms with Gasteiger partial charge in [0, 0.05) is 12.1 Å². The summed E-state index contributed by atoms with van der Waals surface area (Å²) in [6, 6.07) is 1.56. The first-order chi connectivity index (χ1) is 8.20. The summed E-state index contributed by atoms with van der Waals surface area (Å²) < 4.78 is 0. The molecule has 2 heteroatoms. The predicted octanol–water partition coefficient (Wildman–Crippen LogP) is 3.19. The molecule has 0 aromatic heterocycles. The number of nitrogens with zero attached hydrogens (tertiary/aromatic N) is 1. The van der Waals surface area contributed by atoms with Crippen molar-refractivity contribution < 1.29 is 5.11 Å². The Balaban J connectivity index is 1.78. The second-order valence-electron chi connectivity index (χ2n) is 6.21. The molecule has 0 amide bonds. The van der Waals surface area contributed by atoms with E-state index in [1.807, 2.05) is 0 Å². The highest BCUT2D eigenvalue weighted by Gasteiger charge is 2.29. The van der Waals surface area contributed by atoms with Gasteiger partial charge in [0.05, 0.1) is 6.10 Å². The van der Waals surface area contributed by atoms with E-state index in [0.29, 0.717) is 0 Å². The molecule has 0 aliphatic heterocycles. The van der Waals surface area contributed by atoms with E-state index < -0.39 is 0 Å². The Bertz CT molecular complexity index is 215. The van der Waals surface area contributed by atoms with Crippen molar-refractivity contribution in [3.8, 4) is 0 Å². The molecular formula is C15H29NO. The van der Waals surface area contributed by atoms with E-state index in [2.05, 4.69) is 18.9 Å². The highest BCUT2D eigenvalue weighted by atomic mass is 16.3. The lowest BCUT2D eigenvalue weighted by Gasteiger charge is -2.41. The molecule has 0 heterocycles. The van der Waals surface area contributed by atoms with Crippen molar-refractivity contribution in [2.24, 2.45) is 5.92 Å². The predicted molar refractivity (Wildman–Crippen MR) is 72.1 cm³/mol. The zero-order chi connectivity index (χ0) is 12.3. The van der Waals surface area contributed by atoms with Crippen LogP contribution in [0.3, 0.4) is 0 Å². The molecule has 0 spiro atoms. The average molecular weight is 239 g/mol. The molecule has 2 fully saturated rings. The number of aliphatic hydroxyl groups excluding tert-OH is 1. The van der Waals surface area contributed by atoms with Crippen molar-refractivity contribution in [1.29, 1.82) is 0 Å². The fourth-order valence-electron chi connectivity index (χ4n) is 3.72. The standard InChI is InChI=1S/C15H29NO/c1-3-12-4-6-13(7-5-12)16(2)14-8-10-15(17)11-9-14/h12-15,17H,3-11H2,1-2H3. The van der Waals surface area contributed by atoms with Crippen molar-refractivity contribution in [2.45, 2.75) is 82.9 Å². The first-order valence-corrected chi connectivity index (χ1v) is 7.60. The quantitative estimate of drug-likeness (QED) is 0.817. The van der Waals surface area contributed by atoms with Gasteiger partial charge in [0.25, 0.3) is 0 Å². The SMILES string of the molecule is CCC1CCC(N(C)C2CCC(O)CC2)CC1. The Morgan fingerprint density at radius 1 is 0.882 bits per heavy atom. The molecule has 0 aromatic carbocycles. The van der Waals surface area contributed by atoms with Gasteiger partial charge in [-0.1, -0.05) is 13.3 Å². The van der Waals surface area contributed by atoms with E-state index in [1.165, 1.54) is 44.9 Å². The molecule has 0 aromatic rings. The molecule has 0 atom stereocenters. The smallest absolute Gasteiger partial charge is 0.0541 e. The Hall–Kier alpha value is -0.0800. The van der Waals surface area contributed by atoms with E-state index in [1.54, 1.807) is 0 Å². The largest absolute Gasteiger partial charge is 0.393 e. The van der Waals surface area contributed by atoms with Crippen molar-refractivity contribution in [1.82, 2.24) is 4.90 Å². The van der Waals surface area contributed by atoms with Crippen LogP contribution in [0.2, 0.25) is 0 Å². The third-order valence-corrected chi connectivity index (χ3v) is 5.21. The van der Waals surface area contributed by atoms with Crippen molar-refractivity contribution in [2.75, 3.05) is 7.05 Å². The lowest BCUT2D eigenvalue weighted by Crippen LogP contribution is -2.44. The van der Waals surface area contributed by atoms with Gasteiger partial charge in [-0.15, -0.1) is 0 Å². The second kappa shape index (κ2) is 6.19. The summed E-state index contributed by atoms with van der Waals surface area (Å²) in [4.78, 5) is 2.64. The van der Waals surface area contributed by atoms with Gasteiger partial charge in [0.2, 0.25) is 0 Å². The topological polar surface area (TPSA) is 23.5 Å². The van der Waals surface area contributed by atoms with Crippen LogP contribution in [0.25, 0.3) is 0 Å². The lowest BCUT2D eigenvalue weighted by molar-refractivity contribution is 0.0523. The van der Waals surface area contributed by atoms with E-state index in [0.717, 1.165) is 30.8 Å². The van der Waals surface area contributed by atoms with Gasteiger partial charge < -0.3 is 10.0 Å². The number of aliphatic hydroxyl groups is 1. The average Bonchev–Trinajstić information content (AvgIpc) is 2.39. The van der Waals surface area contributed by atoms with Gasteiger partial charge in [0.15, 0.2) is 0 Å². The van der Waals surface area contributed by atoms with Crippen molar-refractivity contribution in [3.05, 3.63) is 0 Å². The molecule has 0 saturated heterocycles. The molecule has 17 heavy (non-hydrogen) atoms. The van der Waals surface area contributed by atoms with Gasteiger partial charge >= 0.3 is 0 Å². The van der Waals surface area contributed by atoms with Crippen molar-refractivity contribution in [3.63, 3.8) is 0 Å². The fourth-order valence-corrected chi connectivity index (χ4v) is 3.72. The molecule has 2 saturated carbocycles. The van der Waals surface area contributed by atoms with Crippen LogP contribution in [0.15, 0.2) is 0 Å². The maximum Gasteiger partial charge on any atom is 0.0541 e. The van der Waals surface area contributed by atoms with Crippen LogP contribution in [0.5, 0.6) is 0 Å². The maximum absolute atomic E-state index is 9.57. The number of hydrogen-bond donors (Lipinski definition) is 1. The third kappa shape index (κ3) is 3.45. The first-order valence-electron chi connectivity index (χ1n) is 7.60. The Labute approximate surface area is 106 Å². The zero-order valence-corrected chi connectivity index (χ0v) is 11.6. The highest BCUT2D eigenvalue weighted by molar-refractivity contribution is 4.84. The lowest BCUT2D eigenvalue weighted by atomic mass is 9.82. The number of hydrogen-bond acceptors (Lipinski definition) is 2. The monoisotopic (exact) mass is 239 g/mol. The van der Waals surface area contributed by atoms with Gasteiger partial charge in [-0.2, -0.15) is 0 Å². The molecule has 0 bridgehead atoms. The van der Waals surface area contributed by atoms with Crippen LogP contribution >= 0.6 is 0 Å². The Kier molecular flexibility index (Phi) is 4.87. The molecule has 2 nitrogen and oxygen atoms in total. The Morgan fingerprint density at radius 2 is 1.35 bits per heavy atom. The number of rotatable bonds is 3.